The molecule has 0 aromatic heterocycles. The SMILES string of the molecule is COc1cccc(C(=O)c2c(F)cc(OC)cc2F)c1. The van der Waals surface area contributed by atoms with Crippen molar-refractivity contribution >= 4 is 5.78 Å². The largest absolute Gasteiger partial charge is 0.497 e. The van der Waals surface area contributed by atoms with Crippen LogP contribution < -0.4 is 9.47 Å². The van der Waals surface area contributed by atoms with Crippen LogP contribution in [0.3, 0.4) is 0 Å². The van der Waals surface area contributed by atoms with E-state index in [0.29, 0.717) is 5.75 Å². The van der Waals surface area contributed by atoms with Gasteiger partial charge in [0.15, 0.2) is 5.78 Å². The molecule has 3 nitrogen and oxygen atoms in total. The Kier molecular flexibility index (Phi) is 3.98. The van der Waals surface area contributed by atoms with E-state index in [1.807, 2.05) is 0 Å². The van der Waals surface area contributed by atoms with Gasteiger partial charge in [-0.1, -0.05) is 12.1 Å². The van der Waals surface area contributed by atoms with E-state index in [1.165, 1.54) is 26.4 Å². The van der Waals surface area contributed by atoms with E-state index in [1.54, 1.807) is 12.1 Å². The Balaban J connectivity index is 2.48. The first kappa shape index (κ1) is 14.0. The van der Waals surface area contributed by atoms with Gasteiger partial charge < -0.3 is 9.47 Å². The Hall–Kier alpha value is -2.43. The van der Waals surface area contributed by atoms with Gasteiger partial charge in [-0.2, -0.15) is 0 Å². The van der Waals surface area contributed by atoms with Crippen LogP contribution in [0.15, 0.2) is 36.4 Å². The molecular weight excluding hydrogens is 266 g/mol. The molecule has 0 radical (unpaired) electrons. The van der Waals surface area contributed by atoms with Crippen molar-refractivity contribution in [3.05, 3.63) is 59.2 Å². The summed E-state index contributed by atoms with van der Waals surface area (Å²) in [5, 5.41) is 0. The van der Waals surface area contributed by atoms with Crippen LogP contribution in [0.4, 0.5) is 8.78 Å². The molecule has 0 bridgehead atoms. The van der Waals surface area contributed by atoms with Crippen LogP contribution in [0, 0.1) is 11.6 Å². The molecule has 0 fully saturated rings. The lowest BCUT2D eigenvalue weighted by Crippen LogP contribution is -2.08. The molecule has 0 saturated heterocycles. The summed E-state index contributed by atoms with van der Waals surface area (Å²) in [5.41, 5.74) is -0.466. The van der Waals surface area contributed by atoms with Gasteiger partial charge in [0.1, 0.15) is 23.1 Å². The van der Waals surface area contributed by atoms with Crippen molar-refractivity contribution in [3.8, 4) is 11.5 Å². The summed E-state index contributed by atoms with van der Waals surface area (Å²) >= 11 is 0. The molecule has 0 aliphatic rings. The van der Waals surface area contributed by atoms with Crippen LogP contribution in [-0.4, -0.2) is 20.0 Å². The first-order chi connectivity index (χ1) is 9.56. The first-order valence-electron chi connectivity index (χ1n) is 5.78. The lowest BCUT2D eigenvalue weighted by molar-refractivity contribution is 0.103. The monoisotopic (exact) mass is 278 g/mol. The van der Waals surface area contributed by atoms with E-state index in [2.05, 4.69) is 0 Å². The molecule has 5 heteroatoms. The minimum Gasteiger partial charge on any atom is -0.497 e. The van der Waals surface area contributed by atoms with Gasteiger partial charge in [-0.25, -0.2) is 8.78 Å². The van der Waals surface area contributed by atoms with Crippen LogP contribution in [0.1, 0.15) is 15.9 Å². The van der Waals surface area contributed by atoms with Crippen molar-refractivity contribution in [2.45, 2.75) is 0 Å². The van der Waals surface area contributed by atoms with Gasteiger partial charge in [0.25, 0.3) is 0 Å². The maximum atomic E-state index is 13.8. The second kappa shape index (κ2) is 5.69. The minimum atomic E-state index is -0.963. The van der Waals surface area contributed by atoms with Gasteiger partial charge in [-0.3, -0.25) is 4.79 Å². The summed E-state index contributed by atoms with van der Waals surface area (Å²) in [6.07, 6.45) is 0. The number of halogens is 2. The second-order valence-electron chi connectivity index (χ2n) is 4.03. The van der Waals surface area contributed by atoms with Crippen LogP contribution >= 0.6 is 0 Å². The average Bonchev–Trinajstić information content (AvgIpc) is 2.46. The number of ether oxygens (including phenoxy) is 2. The van der Waals surface area contributed by atoms with Crippen molar-refractivity contribution in [2.75, 3.05) is 14.2 Å². The van der Waals surface area contributed by atoms with E-state index in [0.717, 1.165) is 12.1 Å². The Morgan fingerprint density at radius 1 is 0.950 bits per heavy atom. The van der Waals surface area contributed by atoms with Crippen LogP contribution in [0.5, 0.6) is 11.5 Å². The second-order valence-corrected chi connectivity index (χ2v) is 4.03. The van der Waals surface area contributed by atoms with Crippen LogP contribution in [0.25, 0.3) is 0 Å². The summed E-state index contributed by atoms with van der Waals surface area (Å²) in [5.74, 6) is -2.22. The smallest absolute Gasteiger partial charge is 0.199 e. The number of carbonyl (C=O) groups excluding carboxylic acids is 1. The van der Waals surface area contributed by atoms with Gasteiger partial charge >= 0.3 is 0 Å². The van der Waals surface area contributed by atoms with Gasteiger partial charge in [0.05, 0.1) is 19.8 Å². The zero-order valence-corrected chi connectivity index (χ0v) is 10.9. The lowest BCUT2D eigenvalue weighted by Gasteiger charge is -2.08. The number of carbonyl (C=O) groups is 1. The van der Waals surface area contributed by atoms with Crippen LogP contribution in [0.2, 0.25) is 0 Å². The number of hydrogen-bond donors (Lipinski definition) is 0. The van der Waals surface area contributed by atoms with Crippen molar-refractivity contribution in [3.63, 3.8) is 0 Å². The maximum absolute atomic E-state index is 13.8. The number of hydrogen-bond acceptors (Lipinski definition) is 3. The molecule has 104 valence electrons. The third-order valence-corrected chi connectivity index (χ3v) is 2.81. The summed E-state index contributed by atoms with van der Waals surface area (Å²) in [6.45, 7) is 0. The standard InChI is InChI=1S/C15H12F2O3/c1-19-10-5-3-4-9(6-10)15(18)14-12(16)7-11(20-2)8-13(14)17/h3-8H,1-2H3. The van der Waals surface area contributed by atoms with Crippen molar-refractivity contribution in [2.24, 2.45) is 0 Å². The predicted octanol–water partition coefficient (Wildman–Crippen LogP) is 3.21. The molecule has 0 N–H and O–H groups in total. The fourth-order valence-corrected chi connectivity index (χ4v) is 1.79. The normalized spacial score (nSPS) is 10.2. The molecule has 0 atom stereocenters. The van der Waals surface area contributed by atoms with Crippen molar-refractivity contribution < 1.29 is 23.0 Å². The number of methoxy groups -OCH3 is 2. The highest BCUT2D eigenvalue weighted by Gasteiger charge is 2.20. The fraction of sp³-hybridized carbons (Fsp3) is 0.133. The molecule has 0 aliphatic carbocycles. The lowest BCUT2D eigenvalue weighted by atomic mass is 10.0. The van der Waals surface area contributed by atoms with Gasteiger partial charge in [0.2, 0.25) is 0 Å². The van der Waals surface area contributed by atoms with E-state index < -0.39 is 23.0 Å². The molecule has 2 aromatic rings. The molecule has 2 aromatic carbocycles. The average molecular weight is 278 g/mol. The highest BCUT2D eigenvalue weighted by molar-refractivity contribution is 6.09. The highest BCUT2D eigenvalue weighted by Crippen LogP contribution is 2.24. The maximum Gasteiger partial charge on any atom is 0.199 e. The third-order valence-electron chi connectivity index (χ3n) is 2.81. The topological polar surface area (TPSA) is 35.5 Å². The molecule has 0 spiro atoms. The van der Waals surface area contributed by atoms with E-state index in [-0.39, 0.29) is 11.3 Å². The molecule has 0 unspecified atom stereocenters. The first-order valence-corrected chi connectivity index (χ1v) is 5.78. The molecule has 2 rings (SSSR count). The Morgan fingerprint density at radius 2 is 1.55 bits per heavy atom. The van der Waals surface area contributed by atoms with Crippen LogP contribution in [-0.2, 0) is 0 Å². The Morgan fingerprint density at radius 3 is 2.10 bits per heavy atom. The number of benzene rings is 2. The molecule has 20 heavy (non-hydrogen) atoms. The van der Waals surface area contributed by atoms with Gasteiger partial charge in [0, 0.05) is 17.7 Å². The number of rotatable bonds is 4. The number of ketones is 1. The molecule has 0 amide bonds. The highest BCUT2D eigenvalue weighted by atomic mass is 19.1. The molecule has 0 heterocycles. The van der Waals surface area contributed by atoms with E-state index >= 15 is 0 Å². The minimum absolute atomic E-state index is 0.0159. The summed E-state index contributed by atoms with van der Waals surface area (Å²) < 4.78 is 37.4. The predicted molar refractivity (Wildman–Crippen MR) is 69.3 cm³/mol. The summed E-state index contributed by atoms with van der Waals surface area (Å²) in [7, 11) is 2.73. The zero-order chi connectivity index (χ0) is 14.7. The van der Waals surface area contributed by atoms with Gasteiger partial charge in [-0.15, -0.1) is 0 Å². The Bertz CT molecular complexity index is 630. The van der Waals surface area contributed by atoms with Crippen molar-refractivity contribution in [1.29, 1.82) is 0 Å². The molecule has 0 saturated carbocycles. The molecular formula is C15H12F2O3. The summed E-state index contributed by atoms with van der Waals surface area (Å²) in [6, 6.07) is 8.04. The van der Waals surface area contributed by atoms with E-state index in [9.17, 15) is 13.6 Å². The van der Waals surface area contributed by atoms with E-state index in [4.69, 9.17) is 9.47 Å². The van der Waals surface area contributed by atoms with Crippen molar-refractivity contribution in [1.82, 2.24) is 0 Å². The van der Waals surface area contributed by atoms with Gasteiger partial charge in [-0.05, 0) is 12.1 Å². The quantitative estimate of drug-likeness (QED) is 0.806. The summed E-state index contributed by atoms with van der Waals surface area (Å²) in [4.78, 5) is 12.2. The Labute approximate surface area is 114 Å². The zero-order valence-electron chi connectivity index (χ0n) is 10.9. The fourth-order valence-electron chi connectivity index (χ4n) is 1.79. The molecule has 0 aliphatic heterocycles. The third kappa shape index (κ3) is 2.61.